The van der Waals surface area contributed by atoms with Gasteiger partial charge in [-0.2, -0.15) is 0 Å². The highest BCUT2D eigenvalue weighted by Gasteiger charge is 2.09. The van der Waals surface area contributed by atoms with Crippen LogP contribution in [0.1, 0.15) is 19.6 Å². The molecule has 0 radical (unpaired) electrons. The van der Waals surface area contributed by atoms with E-state index in [-0.39, 0.29) is 11.0 Å². The minimum atomic E-state index is -0.371. The molecule has 0 aliphatic rings. The summed E-state index contributed by atoms with van der Waals surface area (Å²) in [5.74, 6) is 0.717. The average Bonchev–Trinajstić information content (AvgIpc) is 3.23. The Morgan fingerprint density at radius 1 is 1.06 bits per heavy atom. The van der Waals surface area contributed by atoms with E-state index in [1.807, 2.05) is 24.3 Å². The number of hydrogen-bond donors (Lipinski definition) is 2. The highest BCUT2D eigenvalue weighted by Crippen LogP contribution is 2.31. The van der Waals surface area contributed by atoms with Crippen molar-refractivity contribution in [1.29, 1.82) is 0 Å². The molecule has 32 heavy (non-hydrogen) atoms. The molecule has 1 aromatic heterocycles. The first kappa shape index (κ1) is 23.9. The fourth-order valence-corrected chi connectivity index (χ4v) is 3.81. The van der Waals surface area contributed by atoms with Gasteiger partial charge >= 0.3 is 0 Å². The topological polar surface area (TPSA) is 57.5 Å². The van der Waals surface area contributed by atoms with Crippen LogP contribution in [0, 0.1) is 0 Å². The van der Waals surface area contributed by atoms with E-state index in [9.17, 15) is 4.79 Å². The number of hydrogen-bond acceptors (Lipinski definition) is 4. The minimum Gasteiger partial charge on any atom is -0.457 e. The highest BCUT2D eigenvalue weighted by molar-refractivity contribution is 7.80. The van der Waals surface area contributed by atoms with Gasteiger partial charge in [-0.05, 0) is 86.7 Å². The molecule has 0 saturated heterocycles. The molecule has 0 fully saturated rings. The van der Waals surface area contributed by atoms with E-state index in [1.54, 1.807) is 36.4 Å². The molecule has 3 aromatic rings. The van der Waals surface area contributed by atoms with Crippen molar-refractivity contribution in [2.75, 3.05) is 23.3 Å². The summed E-state index contributed by atoms with van der Waals surface area (Å²) in [5.41, 5.74) is 2.65. The molecule has 0 spiro atoms. The number of nitrogens with one attached hydrogen (secondary N) is 2. The average molecular weight is 488 g/mol. The van der Waals surface area contributed by atoms with Crippen molar-refractivity contribution in [2.45, 2.75) is 13.8 Å². The summed E-state index contributed by atoms with van der Waals surface area (Å²) < 4.78 is 5.74. The molecule has 2 aromatic carbocycles. The number of carbonyl (C=O) groups is 1. The Labute approximate surface area is 203 Å². The number of anilines is 2. The molecule has 3 rings (SSSR count). The quantitative estimate of drug-likeness (QED) is 0.289. The number of furan rings is 1. The summed E-state index contributed by atoms with van der Waals surface area (Å²) in [6.45, 7) is 6.11. The van der Waals surface area contributed by atoms with Gasteiger partial charge in [0.1, 0.15) is 11.5 Å². The Bertz CT molecular complexity index is 1120. The van der Waals surface area contributed by atoms with Crippen LogP contribution in [0.4, 0.5) is 11.4 Å². The summed E-state index contributed by atoms with van der Waals surface area (Å²) in [6.07, 6.45) is 2.91. The van der Waals surface area contributed by atoms with E-state index in [2.05, 4.69) is 29.4 Å². The maximum Gasteiger partial charge on any atom is 0.250 e. The maximum atomic E-state index is 12.2. The number of thiocarbonyl (C=S) groups is 1. The monoisotopic (exact) mass is 487 g/mol. The van der Waals surface area contributed by atoms with E-state index in [4.69, 9.17) is 39.8 Å². The number of carbonyl (C=O) groups excluding carboxylic acids is 1. The highest BCUT2D eigenvalue weighted by atomic mass is 35.5. The summed E-state index contributed by atoms with van der Waals surface area (Å²) in [7, 11) is 0. The van der Waals surface area contributed by atoms with Gasteiger partial charge in [0.15, 0.2) is 5.11 Å². The molecule has 166 valence electrons. The van der Waals surface area contributed by atoms with Gasteiger partial charge in [-0.1, -0.05) is 23.2 Å². The first-order chi connectivity index (χ1) is 15.4. The predicted molar refractivity (Wildman–Crippen MR) is 138 cm³/mol. The molecular formula is C24H23Cl2N3O2S. The van der Waals surface area contributed by atoms with Crippen LogP contribution < -0.4 is 15.5 Å². The van der Waals surface area contributed by atoms with Gasteiger partial charge in [-0.3, -0.25) is 10.1 Å². The van der Waals surface area contributed by atoms with Gasteiger partial charge in [0.05, 0.1) is 5.02 Å². The Hall–Kier alpha value is -2.80. The minimum absolute atomic E-state index is 0.211. The first-order valence-corrected chi connectivity index (χ1v) is 11.3. The fourth-order valence-electron chi connectivity index (χ4n) is 3.09. The standard InChI is InChI=1S/C24H23Cl2N3O2S/c1-3-29(4-2)18-8-6-17(7-9-18)27-24(32)28-23(30)14-11-19-10-13-22(31-19)20-12-5-16(25)15-21(20)26/h5-15H,3-4H2,1-2H3,(H2,27,28,30,32)/b14-11+. The lowest BCUT2D eigenvalue weighted by Crippen LogP contribution is -2.32. The van der Waals surface area contributed by atoms with Crippen LogP contribution in [0.25, 0.3) is 17.4 Å². The SMILES string of the molecule is CCN(CC)c1ccc(NC(=S)NC(=O)/C=C/c2ccc(-c3ccc(Cl)cc3Cl)o2)cc1. The van der Waals surface area contributed by atoms with Crippen molar-refractivity contribution in [3.8, 4) is 11.3 Å². The molecular weight excluding hydrogens is 465 g/mol. The summed E-state index contributed by atoms with van der Waals surface area (Å²) in [6, 6.07) is 16.6. The van der Waals surface area contributed by atoms with Crippen LogP contribution in [-0.4, -0.2) is 24.1 Å². The molecule has 8 heteroatoms. The summed E-state index contributed by atoms with van der Waals surface area (Å²) in [5, 5.41) is 6.87. The lowest BCUT2D eigenvalue weighted by Gasteiger charge is -2.21. The molecule has 0 atom stereocenters. The molecule has 0 aliphatic heterocycles. The van der Waals surface area contributed by atoms with E-state index in [0.717, 1.165) is 30.0 Å². The second kappa shape index (κ2) is 11.2. The lowest BCUT2D eigenvalue weighted by atomic mass is 10.2. The third-order valence-corrected chi connectivity index (χ3v) is 5.46. The molecule has 1 heterocycles. The van der Waals surface area contributed by atoms with E-state index < -0.39 is 0 Å². The van der Waals surface area contributed by atoms with Crippen LogP contribution in [0.5, 0.6) is 0 Å². The van der Waals surface area contributed by atoms with Crippen molar-refractivity contribution in [3.63, 3.8) is 0 Å². The van der Waals surface area contributed by atoms with Crippen LogP contribution in [0.3, 0.4) is 0 Å². The third kappa shape index (κ3) is 6.36. The molecule has 5 nitrogen and oxygen atoms in total. The van der Waals surface area contributed by atoms with Crippen LogP contribution >= 0.6 is 35.4 Å². The number of nitrogens with zero attached hydrogens (tertiary/aromatic N) is 1. The van der Waals surface area contributed by atoms with Crippen molar-refractivity contribution in [1.82, 2.24) is 5.32 Å². The van der Waals surface area contributed by atoms with Gasteiger partial charge in [-0.25, -0.2) is 0 Å². The number of rotatable bonds is 7. The van der Waals surface area contributed by atoms with E-state index in [1.165, 1.54) is 6.08 Å². The van der Waals surface area contributed by atoms with Gasteiger partial charge in [-0.15, -0.1) is 0 Å². The number of benzene rings is 2. The summed E-state index contributed by atoms with van der Waals surface area (Å²) >= 11 is 17.4. The van der Waals surface area contributed by atoms with Crippen molar-refractivity contribution in [3.05, 3.63) is 76.5 Å². The predicted octanol–water partition coefficient (Wildman–Crippen LogP) is 6.63. The maximum absolute atomic E-state index is 12.2. The van der Waals surface area contributed by atoms with Crippen LogP contribution in [0.2, 0.25) is 10.0 Å². The van der Waals surface area contributed by atoms with Gasteiger partial charge in [0.25, 0.3) is 0 Å². The smallest absolute Gasteiger partial charge is 0.250 e. The van der Waals surface area contributed by atoms with E-state index >= 15 is 0 Å². The van der Waals surface area contributed by atoms with Gasteiger partial charge < -0.3 is 14.6 Å². The molecule has 1 amide bonds. The Morgan fingerprint density at radius 2 is 1.78 bits per heavy atom. The largest absolute Gasteiger partial charge is 0.457 e. The molecule has 0 bridgehead atoms. The van der Waals surface area contributed by atoms with Gasteiger partial charge in [0, 0.05) is 41.1 Å². The molecule has 2 N–H and O–H groups in total. The van der Waals surface area contributed by atoms with Crippen LogP contribution in [0.15, 0.2) is 65.1 Å². The zero-order valence-electron chi connectivity index (χ0n) is 17.7. The van der Waals surface area contributed by atoms with Crippen molar-refractivity contribution in [2.24, 2.45) is 0 Å². The van der Waals surface area contributed by atoms with E-state index in [0.29, 0.717) is 21.6 Å². The zero-order valence-corrected chi connectivity index (χ0v) is 20.0. The second-order valence-electron chi connectivity index (χ2n) is 6.82. The Balaban J connectivity index is 1.55. The summed E-state index contributed by atoms with van der Waals surface area (Å²) in [4.78, 5) is 14.4. The normalized spacial score (nSPS) is 10.9. The second-order valence-corrected chi connectivity index (χ2v) is 8.07. The number of halogens is 2. The Morgan fingerprint density at radius 3 is 2.44 bits per heavy atom. The molecule has 0 saturated carbocycles. The molecule has 0 unspecified atom stereocenters. The lowest BCUT2D eigenvalue weighted by molar-refractivity contribution is -0.115. The Kier molecular flexibility index (Phi) is 8.33. The van der Waals surface area contributed by atoms with Crippen molar-refractivity contribution < 1.29 is 9.21 Å². The number of amides is 1. The van der Waals surface area contributed by atoms with Crippen LogP contribution in [-0.2, 0) is 4.79 Å². The van der Waals surface area contributed by atoms with Crippen molar-refractivity contribution >= 4 is 63.9 Å². The molecule has 0 aliphatic carbocycles. The first-order valence-electron chi connectivity index (χ1n) is 10.1. The third-order valence-electron chi connectivity index (χ3n) is 4.71. The van der Waals surface area contributed by atoms with Gasteiger partial charge in [0.2, 0.25) is 5.91 Å². The zero-order chi connectivity index (χ0) is 23.1. The fraction of sp³-hybridized carbons (Fsp3) is 0.167.